The van der Waals surface area contributed by atoms with Crippen LogP contribution in [-0.4, -0.2) is 31.2 Å². The largest absolute Gasteiger partial charge is 0.457 e. The summed E-state index contributed by atoms with van der Waals surface area (Å²) in [6, 6.07) is 9.53. The first-order valence-corrected chi connectivity index (χ1v) is 11.2. The molecule has 0 bridgehead atoms. The molecule has 1 atom stereocenters. The first-order chi connectivity index (χ1) is 16.3. The molecule has 1 saturated carbocycles. The second-order valence-corrected chi connectivity index (χ2v) is 9.07. The summed E-state index contributed by atoms with van der Waals surface area (Å²) < 4.78 is 7.10. The van der Waals surface area contributed by atoms with Crippen LogP contribution in [0.4, 0.5) is 0 Å². The summed E-state index contributed by atoms with van der Waals surface area (Å²) in [7, 11) is 1.63. The van der Waals surface area contributed by atoms with Gasteiger partial charge in [0.15, 0.2) is 0 Å². The van der Waals surface area contributed by atoms with Crippen molar-refractivity contribution in [3.05, 3.63) is 75.5 Å². The number of fused-ring (bicyclic) bond motifs is 2. The predicted molar refractivity (Wildman–Crippen MR) is 129 cm³/mol. The van der Waals surface area contributed by atoms with Crippen molar-refractivity contribution in [2.45, 2.75) is 38.9 Å². The first-order valence-electron chi connectivity index (χ1n) is 11.2. The molecule has 5 rings (SSSR count). The van der Waals surface area contributed by atoms with Crippen LogP contribution in [-0.2, 0) is 18.4 Å². The molecule has 0 saturated heterocycles. The smallest absolute Gasteiger partial charge is 0.340 e. The standard InChI is InChI=1S/C27H25N3O4/c1-16-21(26(32)34-15-19-7-4-6-17-8-5-13-28-23(17)19)22-18(11-12-27(2,33)20-9-10-20)14-30(3)25(31)24(22)29-16/h4-8,13-14,20,29,33H,9-10,15H2,1-3H3. The molecule has 1 aliphatic rings. The Morgan fingerprint density at radius 2 is 2.09 bits per heavy atom. The van der Waals surface area contributed by atoms with E-state index in [1.807, 2.05) is 30.3 Å². The summed E-state index contributed by atoms with van der Waals surface area (Å²) in [5.74, 6) is 5.57. The molecule has 1 aliphatic carbocycles. The van der Waals surface area contributed by atoms with E-state index in [9.17, 15) is 14.7 Å². The Balaban J connectivity index is 1.54. The highest BCUT2D eigenvalue weighted by Crippen LogP contribution is 2.39. The lowest BCUT2D eigenvalue weighted by atomic mass is 10.00. The average Bonchev–Trinajstić information content (AvgIpc) is 3.62. The van der Waals surface area contributed by atoms with E-state index in [0.29, 0.717) is 16.6 Å². The zero-order valence-electron chi connectivity index (χ0n) is 19.3. The SMILES string of the molecule is Cc1[nH]c2c(=O)n(C)cc(C#CC(C)(O)C3CC3)c2c1C(=O)OCc1cccc2cccnc12. The van der Waals surface area contributed by atoms with Crippen LogP contribution in [0.1, 0.15) is 46.9 Å². The third-order valence-electron chi connectivity index (χ3n) is 6.42. The number of aromatic nitrogens is 3. The molecule has 3 aromatic heterocycles. The minimum atomic E-state index is -1.12. The number of carbonyl (C=O) groups excluding carboxylic acids is 1. The molecule has 1 unspecified atom stereocenters. The van der Waals surface area contributed by atoms with E-state index in [0.717, 1.165) is 29.3 Å². The van der Waals surface area contributed by atoms with E-state index in [1.54, 1.807) is 33.3 Å². The highest BCUT2D eigenvalue weighted by atomic mass is 16.5. The van der Waals surface area contributed by atoms with Crippen molar-refractivity contribution in [1.82, 2.24) is 14.5 Å². The molecule has 4 aromatic rings. The highest BCUT2D eigenvalue weighted by molar-refractivity contribution is 6.07. The minimum absolute atomic E-state index is 0.0432. The van der Waals surface area contributed by atoms with Crippen LogP contribution in [0, 0.1) is 24.7 Å². The fourth-order valence-electron chi connectivity index (χ4n) is 4.34. The number of benzene rings is 1. The van der Waals surface area contributed by atoms with Gasteiger partial charge in [-0.1, -0.05) is 36.1 Å². The fraction of sp³-hybridized carbons (Fsp3) is 0.296. The zero-order valence-corrected chi connectivity index (χ0v) is 19.3. The average molecular weight is 456 g/mol. The summed E-state index contributed by atoms with van der Waals surface area (Å²) in [5, 5.41) is 12.0. The third-order valence-corrected chi connectivity index (χ3v) is 6.42. The maximum Gasteiger partial charge on any atom is 0.340 e. The van der Waals surface area contributed by atoms with Gasteiger partial charge in [-0.2, -0.15) is 0 Å². The maximum atomic E-state index is 13.2. The van der Waals surface area contributed by atoms with Crippen molar-refractivity contribution in [2.75, 3.05) is 0 Å². The number of aryl methyl sites for hydroxylation is 2. The van der Waals surface area contributed by atoms with Crippen molar-refractivity contribution >= 4 is 27.8 Å². The Morgan fingerprint density at radius 3 is 2.85 bits per heavy atom. The monoisotopic (exact) mass is 455 g/mol. The summed E-state index contributed by atoms with van der Waals surface area (Å²) in [6.45, 7) is 3.47. The Bertz CT molecular complexity index is 1560. The van der Waals surface area contributed by atoms with Gasteiger partial charge < -0.3 is 19.4 Å². The number of carbonyl (C=O) groups is 1. The van der Waals surface area contributed by atoms with Crippen LogP contribution in [0.15, 0.2) is 47.5 Å². The van der Waals surface area contributed by atoms with Gasteiger partial charge in [0.25, 0.3) is 5.56 Å². The molecule has 7 heteroatoms. The fourth-order valence-corrected chi connectivity index (χ4v) is 4.34. The second kappa shape index (κ2) is 8.15. The number of para-hydroxylation sites is 1. The molecule has 7 nitrogen and oxygen atoms in total. The van der Waals surface area contributed by atoms with Gasteiger partial charge in [-0.15, -0.1) is 0 Å². The molecular weight excluding hydrogens is 430 g/mol. The summed E-state index contributed by atoms with van der Waals surface area (Å²) in [4.78, 5) is 33.5. The Morgan fingerprint density at radius 1 is 1.32 bits per heavy atom. The number of pyridine rings is 2. The number of aliphatic hydroxyl groups is 1. The molecule has 0 radical (unpaired) electrons. The van der Waals surface area contributed by atoms with Gasteiger partial charge in [0, 0.05) is 41.5 Å². The highest BCUT2D eigenvalue weighted by Gasteiger charge is 2.38. The Labute approximate surface area is 196 Å². The number of nitrogens with zero attached hydrogens (tertiary/aromatic N) is 2. The molecule has 1 aromatic carbocycles. The van der Waals surface area contributed by atoms with Crippen LogP contribution in [0.2, 0.25) is 0 Å². The van der Waals surface area contributed by atoms with Gasteiger partial charge in [0.1, 0.15) is 17.7 Å². The number of hydrogen-bond acceptors (Lipinski definition) is 5. The first kappa shape index (κ1) is 21.9. The lowest BCUT2D eigenvalue weighted by molar-refractivity contribution is 0.0475. The van der Waals surface area contributed by atoms with Crippen LogP contribution in [0.5, 0.6) is 0 Å². The molecule has 1 fully saturated rings. The molecule has 34 heavy (non-hydrogen) atoms. The van der Waals surface area contributed by atoms with Gasteiger partial charge in [-0.3, -0.25) is 9.78 Å². The maximum absolute atomic E-state index is 13.2. The van der Waals surface area contributed by atoms with Gasteiger partial charge in [-0.25, -0.2) is 4.79 Å². The lowest BCUT2D eigenvalue weighted by Crippen LogP contribution is -2.24. The van der Waals surface area contributed by atoms with Crippen LogP contribution < -0.4 is 5.56 Å². The molecule has 0 amide bonds. The van der Waals surface area contributed by atoms with E-state index in [2.05, 4.69) is 21.8 Å². The number of ether oxygens (including phenoxy) is 1. The predicted octanol–water partition coefficient (Wildman–Crippen LogP) is 3.59. The van der Waals surface area contributed by atoms with E-state index >= 15 is 0 Å². The van der Waals surface area contributed by atoms with Gasteiger partial charge in [0.2, 0.25) is 0 Å². The summed E-state index contributed by atoms with van der Waals surface area (Å²) in [5.41, 5.74) is 1.76. The van der Waals surface area contributed by atoms with Gasteiger partial charge in [-0.05, 0) is 38.7 Å². The van der Waals surface area contributed by atoms with Gasteiger partial charge in [0.05, 0.1) is 16.6 Å². The van der Waals surface area contributed by atoms with E-state index < -0.39 is 11.6 Å². The van der Waals surface area contributed by atoms with Crippen molar-refractivity contribution in [1.29, 1.82) is 0 Å². The number of hydrogen-bond donors (Lipinski definition) is 2. The molecule has 2 N–H and O–H groups in total. The minimum Gasteiger partial charge on any atom is -0.457 e. The summed E-state index contributed by atoms with van der Waals surface area (Å²) in [6.07, 6.45) is 5.18. The molecular formula is C27H25N3O4. The van der Waals surface area contributed by atoms with Crippen LogP contribution >= 0.6 is 0 Å². The molecule has 0 spiro atoms. The van der Waals surface area contributed by atoms with Crippen molar-refractivity contribution < 1.29 is 14.6 Å². The number of esters is 1. The van der Waals surface area contributed by atoms with E-state index in [1.165, 1.54) is 4.57 Å². The number of H-pyrrole nitrogens is 1. The summed E-state index contributed by atoms with van der Waals surface area (Å²) >= 11 is 0. The van der Waals surface area contributed by atoms with E-state index in [-0.39, 0.29) is 29.2 Å². The molecule has 0 aliphatic heterocycles. The van der Waals surface area contributed by atoms with Crippen molar-refractivity contribution in [3.63, 3.8) is 0 Å². The Hall–Kier alpha value is -3.89. The van der Waals surface area contributed by atoms with Crippen molar-refractivity contribution in [2.24, 2.45) is 13.0 Å². The normalized spacial score (nSPS) is 15.1. The number of nitrogens with one attached hydrogen (secondary N) is 1. The van der Waals surface area contributed by atoms with Crippen LogP contribution in [0.3, 0.4) is 0 Å². The van der Waals surface area contributed by atoms with Crippen molar-refractivity contribution in [3.8, 4) is 11.8 Å². The zero-order chi connectivity index (χ0) is 24.0. The number of aromatic amines is 1. The van der Waals surface area contributed by atoms with E-state index in [4.69, 9.17) is 4.74 Å². The number of rotatable bonds is 4. The second-order valence-electron chi connectivity index (χ2n) is 9.07. The quantitative estimate of drug-likeness (QED) is 0.362. The molecule has 172 valence electrons. The lowest BCUT2D eigenvalue weighted by Gasteiger charge is -2.14. The third kappa shape index (κ3) is 3.87. The Kier molecular flexibility index (Phi) is 5.26. The van der Waals surface area contributed by atoms with Gasteiger partial charge >= 0.3 is 5.97 Å². The topological polar surface area (TPSA) is 97.2 Å². The molecule has 3 heterocycles. The van der Waals surface area contributed by atoms with Crippen LogP contribution in [0.25, 0.3) is 21.8 Å².